The molecule has 0 radical (unpaired) electrons. The van der Waals surface area contributed by atoms with E-state index < -0.39 is 10.0 Å². The summed E-state index contributed by atoms with van der Waals surface area (Å²) in [6, 6.07) is 0.255. The molecule has 2 saturated carbocycles. The molecule has 2 rings (SSSR count). The summed E-state index contributed by atoms with van der Waals surface area (Å²) in [5, 5.41) is 0. The normalized spacial score (nSPS) is 30.8. The van der Waals surface area contributed by atoms with E-state index in [0.717, 1.165) is 38.5 Å². The van der Waals surface area contributed by atoms with Gasteiger partial charge in [-0.3, -0.25) is 0 Å². The Morgan fingerprint density at radius 2 is 1.88 bits per heavy atom. The van der Waals surface area contributed by atoms with E-state index in [-0.39, 0.29) is 24.5 Å². The van der Waals surface area contributed by atoms with E-state index in [1.54, 1.807) is 0 Å². The monoisotopic (exact) mass is 268 g/mol. The number of nitrogens with two attached hydrogens (primary N) is 1. The Hall–Kier alpha value is 0.160. The van der Waals surface area contributed by atoms with Crippen LogP contribution < -0.4 is 10.5 Å². The van der Waals surface area contributed by atoms with E-state index in [2.05, 4.69) is 4.72 Å². The minimum Gasteiger partial charge on any atom is -0.328 e. The summed E-state index contributed by atoms with van der Waals surface area (Å²) in [5.74, 6) is 0.735. The lowest BCUT2D eigenvalue weighted by atomic mass is 9.92. The Kier molecular flexibility index (Phi) is 5.04. The van der Waals surface area contributed by atoms with Crippen LogP contribution in [0.2, 0.25) is 0 Å². The molecule has 0 aromatic carbocycles. The van der Waals surface area contributed by atoms with Crippen molar-refractivity contribution in [3.8, 4) is 0 Å². The quantitative estimate of drug-likeness (QED) is 0.799. The maximum absolute atomic E-state index is 11.7. The van der Waals surface area contributed by atoms with Crippen molar-refractivity contribution in [1.29, 1.82) is 0 Å². The molecule has 3 N–H and O–H groups in total. The Morgan fingerprint density at radius 1 is 1.19 bits per heavy atom. The average Bonchev–Trinajstić information content (AvgIpc) is 2.86. The lowest BCUT2D eigenvalue weighted by Crippen LogP contribution is -2.43. The summed E-state index contributed by atoms with van der Waals surface area (Å²) < 4.78 is 26.2. The molecule has 0 aliphatic heterocycles. The van der Waals surface area contributed by atoms with Crippen molar-refractivity contribution in [3.63, 3.8) is 0 Å². The van der Waals surface area contributed by atoms with Crippen molar-refractivity contribution in [2.45, 2.75) is 50.6 Å². The van der Waals surface area contributed by atoms with Gasteiger partial charge < -0.3 is 5.73 Å². The minimum atomic E-state index is -3.05. The van der Waals surface area contributed by atoms with E-state index in [1.807, 2.05) is 0 Å². The highest BCUT2D eigenvalue weighted by molar-refractivity contribution is 7.89. The van der Waals surface area contributed by atoms with E-state index in [1.165, 1.54) is 0 Å². The van der Waals surface area contributed by atoms with Gasteiger partial charge in [-0.2, -0.15) is 0 Å². The fraction of sp³-hybridized carbons (Fsp3) is 1.00. The molecule has 0 aromatic rings. The van der Waals surface area contributed by atoms with Gasteiger partial charge in [-0.05, 0) is 38.0 Å². The van der Waals surface area contributed by atoms with Gasteiger partial charge in [-0.15, -0.1) is 12.4 Å². The SMILES string of the molecule is Cl.NC1CCCC(NS(=O)(=O)CC2CC2)C1. The Labute approximate surface area is 104 Å². The second kappa shape index (κ2) is 5.67. The van der Waals surface area contributed by atoms with Crippen LogP contribution in [0.5, 0.6) is 0 Å². The summed E-state index contributed by atoms with van der Waals surface area (Å²) in [6.07, 6.45) is 5.95. The Balaban J connectivity index is 0.00000128. The third-order valence-corrected chi connectivity index (χ3v) is 4.82. The first-order valence-corrected chi connectivity index (χ1v) is 7.46. The molecule has 2 unspecified atom stereocenters. The number of sulfonamides is 1. The lowest BCUT2D eigenvalue weighted by Gasteiger charge is -2.27. The fourth-order valence-electron chi connectivity index (χ4n) is 2.23. The predicted molar refractivity (Wildman–Crippen MR) is 67.1 cm³/mol. The first kappa shape index (κ1) is 14.2. The summed E-state index contributed by atoms with van der Waals surface area (Å²) >= 11 is 0. The lowest BCUT2D eigenvalue weighted by molar-refractivity contribution is 0.371. The third-order valence-electron chi connectivity index (χ3n) is 3.21. The molecular weight excluding hydrogens is 248 g/mol. The van der Waals surface area contributed by atoms with E-state index in [0.29, 0.717) is 11.7 Å². The van der Waals surface area contributed by atoms with Crippen molar-refractivity contribution in [2.75, 3.05) is 5.75 Å². The van der Waals surface area contributed by atoms with E-state index >= 15 is 0 Å². The molecule has 0 spiro atoms. The largest absolute Gasteiger partial charge is 0.328 e. The highest BCUT2D eigenvalue weighted by atomic mass is 35.5. The standard InChI is InChI=1S/C10H20N2O2S.ClH/c11-9-2-1-3-10(6-9)12-15(13,14)7-8-4-5-8;/h8-10,12H,1-7,11H2;1H. The van der Waals surface area contributed by atoms with Gasteiger partial charge in [0.25, 0.3) is 0 Å². The predicted octanol–water partition coefficient (Wildman–Crippen LogP) is 1.01. The molecule has 2 aliphatic carbocycles. The first-order chi connectivity index (χ1) is 7.05. The molecule has 4 nitrogen and oxygen atoms in total. The van der Waals surface area contributed by atoms with Crippen LogP contribution >= 0.6 is 12.4 Å². The van der Waals surface area contributed by atoms with Crippen LogP contribution in [-0.2, 0) is 10.0 Å². The fourth-order valence-corrected chi connectivity index (χ4v) is 4.00. The van der Waals surface area contributed by atoms with Crippen molar-refractivity contribution < 1.29 is 8.42 Å². The van der Waals surface area contributed by atoms with Gasteiger partial charge in [0, 0.05) is 12.1 Å². The second-order valence-corrected chi connectivity index (χ2v) is 6.76. The summed E-state index contributed by atoms with van der Waals surface area (Å²) in [6.45, 7) is 0. The van der Waals surface area contributed by atoms with Crippen LogP contribution in [0.25, 0.3) is 0 Å². The number of hydrogen-bond donors (Lipinski definition) is 2. The molecule has 16 heavy (non-hydrogen) atoms. The second-order valence-electron chi connectivity index (χ2n) is 4.97. The van der Waals surface area contributed by atoms with Crippen molar-refractivity contribution in [2.24, 2.45) is 11.7 Å². The van der Waals surface area contributed by atoms with E-state index in [9.17, 15) is 8.42 Å². The zero-order valence-electron chi connectivity index (χ0n) is 9.39. The first-order valence-electron chi connectivity index (χ1n) is 5.81. The van der Waals surface area contributed by atoms with Gasteiger partial charge in [0.2, 0.25) is 10.0 Å². The minimum absolute atomic E-state index is 0. The van der Waals surface area contributed by atoms with Crippen molar-refractivity contribution in [1.82, 2.24) is 4.72 Å². The molecule has 0 aromatic heterocycles. The summed E-state index contributed by atoms with van der Waals surface area (Å²) in [4.78, 5) is 0. The van der Waals surface area contributed by atoms with Gasteiger partial charge in [0.05, 0.1) is 5.75 Å². The number of hydrogen-bond acceptors (Lipinski definition) is 3. The molecule has 0 heterocycles. The molecule has 2 aliphatic rings. The van der Waals surface area contributed by atoms with Crippen LogP contribution in [0.4, 0.5) is 0 Å². The zero-order valence-corrected chi connectivity index (χ0v) is 11.0. The molecule has 0 saturated heterocycles. The number of halogens is 1. The highest BCUT2D eigenvalue weighted by Crippen LogP contribution is 2.30. The summed E-state index contributed by atoms with van der Waals surface area (Å²) in [7, 11) is -3.05. The van der Waals surface area contributed by atoms with Gasteiger partial charge in [0.15, 0.2) is 0 Å². The van der Waals surface area contributed by atoms with E-state index in [4.69, 9.17) is 5.73 Å². The van der Waals surface area contributed by atoms with Gasteiger partial charge in [-0.25, -0.2) is 13.1 Å². The Bertz CT molecular complexity index is 317. The van der Waals surface area contributed by atoms with Crippen LogP contribution in [0.3, 0.4) is 0 Å². The van der Waals surface area contributed by atoms with Crippen LogP contribution in [0.1, 0.15) is 38.5 Å². The smallest absolute Gasteiger partial charge is 0.212 e. The highest BCUT2D eigenvalue weighted by Gasteiger charge is 2.30. The molecule has 0 amide bonds. The third kappa shape index (κ3) is 4.57. The van der Waals surface area contributed by atoms with Crippen LogP contribution in [0, 0.1) is 5.92 Å². The average molecular weight is 269 g/mol. The number of nitrogens with one attached hydrogen (secondary N) is 1. The number of rotatable bonds is 4. The maximum atomic E-state index is 11.7. The molecule has 6 heteroatoms. The maximum Gasteiger partial charge on any atom is 0.212 e. The van der Waals surface area contributed by atoms with Gasteiger partial charge in [-0.1, -0.05) is 6.42 Å². The van der Waals surface area contributed by atoms with Crippen molar-refractivity contribution >= 4 is 22.4 Å². The van der Waals surface area contributed by atoms with Gasteiger partial charge in [0.1, 0.15) is 0 Å². The van der Waals surface area contributed by atoms with Crippen molar-refractivity contribution in [3.05, 3.63) is 0 Å². The molecule has 2 atom stereocenters. The zero-order chi connectivity index (χ0) is 10.9. The topological polar surface area (TPSA) is 72.2 Å². The molecular formula is C10H21ClN2O2S. The molecule has 2 fully saturated rings. The molecule has 0 bridgehead atoms. The van der Waals surface area contributed by atoms with Crippen LogP contribution in [-0.4, -0.2) is 26.3 Å². The van der Waals surface area contributed by atoms with Gasteiger partial charge >= 0.3 is 0 Å². The Morgan fingerprint density at radius 3 is 2.44 bits per heavy atom. The molecule has 96 valence electrons. The van der Waals surface area contributed by atoms with Crippen LogP contribution in [0.15, 0.2) is 0 Å². The summed E-state index contributed by atoms with van der Waals surface area (Å²) in [5.41, 5.74) is 5.82.